The van der Waals surface area contributed by atoms with E-state index >= 15 is 0 Å². The second-order valence-corrected chi connectivity index (χ2v) is 5.46. The molecule has 4 atom stereocenters. The number of rotatable bonds is 1. The van der Waals surface area contributed by atoms with Crippen LogP contribution in [0.3, 0.4) is 0 Å². The van der Waals surface area contributed by atoms with Crippen molar-refractivity contribution in [1.82, 2.24) is 10.2 Å². The Morgan fingerprint density at radius 3 is 2.81 bits per heavy atom. The molecule has 16 heavy (non-hydrogen) atoms. The van der Waals surface area contributed by atoms with E-state index in [1.807, 2.05) is 4.90 Å². The van der Waals surface area contributed by atoms with Crippen LogP contribution in [0.4, 0.5) is 0 Å². The molecular weight excluding hydrogens is 204 g/mol. The van der Waals surface area contributed by atoms with Crippen molar-refractivity contribution in [3.8, 4) is 0 Å². The summed E-state index contributed by atoms with van der Waals surface area (Å²) >= 11 is 0. The van der Waals surface area contributed by atoms with Crippen LogP contribution in [0.1, 0.15) is 25.7 Å². The molecule has 4 heteroatoms. The van der Waals surface area contributed by atoms with Gasteiger partial charge in [-0.05, 0) is 38.1 Å². The normalized spacial score (nSPS) is 42.7. The summed E-state index contributed by atoms with van der Waals surface area (Å²) in [6.07, 6.45) is 3.94. The maximum absolute atomic E-state index is 12.2. The lowest BCUT2D eigenvalue weighted by molar-refractivity contribution is -0.132. The summed E-state index contributed by atoms with van der Waals surface area (Å²) in [5.74, 6) is 1.17. The molecule has 0 spiro atoms. The Hall–Kier alpha value is -0.610. The van der Waals surface area contributed by atoms with E-state index in [1.165, 1.54) is 0 Å². The minimum Gasteiger partial charge on any atom is -0.393 e. The second kappa shape index (κ2) is 4.00. The molecule has 0 aromatic carbocycles. The number of aliphatic hydroxyl groups excluding tert-OH is 1. The summed E-state index contributed by atoms with van der Waals surface area (Å²) in [6, 6.07) is 0.0518. The number of carbonyl (C=O) groups excluding carboxylic acids is 1. The second-order valence-electron chi connectivity index (χ2n) is 5.46. The van der Waals surface area contributed by atoms with Gasteiger partial charge in [0.25, 0.3) is 0 Å². The van der Waals surface area contributed by atoms with Crippen molar-refractivity contribution in [2.24, 2.45) is 11.8 Å². The topological polar surface area (TPSA) is 52.6 Å². The Kier molecular flexibility index (Phi) is 2.64. The highest BCUT2D eigenvalue weighted by Crippen LogP contribution is 2.38. The van der Waals surface area contributed by atoms with Crippen LogP contribution in [0, 0.1) is 11.8 Å². The van der Waals surface area contributed by atoms with Crippen molar-refractivity contribution in [3.63, 3.8) is 0 Å². The molecule has 1 amide bonds. The van der Waals surface area contributed by atoms with E-state index in [0.29, 0.717) is 11.8 Å². The minimum absolute atomic E-state index is 0.0518. The lowest BCUT2D eigenvalue weighted by Gasteiger charge is -2.22. The average molecular weight is 224 g/mol. The highest BCUT2D eigenvalue weighted by molar-refractivity contribution is 5.82. The maximum atomic E-state index is 12.2. The molecule has 0 bridgehead atoms. The Morgan fingerprint density at radius 2 is 2.12 bits per heavy atom. The first-order chi connectivity index (χ1) is 7.75. The van der Waals surface area contributed by atoms with Crippen molar-refractivity contribution in [2.45, 2.75) is 37.8 Å². The van der Waals surface area contributed by atoms with E-state index < -0.39 is 0 Å². The van der Waals surface area contributed by atoms with Crippen molar-refractivity contribution in [3.05, 3.63) is 0 Å². The molecule has 4 unspecified atom stereocenters. The van der Waals surface area contributed by atoms with Gasteiger partial charge in [-0.1, -0.05) is 0 Å². The lowest BCUT2D eigenvalue weighted by Crippen LogP contribution is -2.43. The standard InChI is InChI=1S/C12H20N2O2/c15-11-4-3-8-6-14(7-9(8)11)12(16)10-2-1-5-13-10/h8-11,13,15H,1-7H2. The molecule has 1 saturated carbocycles. The largest absolute Gasteiger partial charge is 0.393 e. The maximum Gasteiger partial charge on any atom is 0.239 e. The number of hydrogen-bond acceptors (Lipinski definition) is 3. The van der Waals surface area contributed by atoms with Gasteiger partial charge in [0, 0.05) is 19.0 Å². The quantitative estimate of drug-likeness (QED) is 0.657. The summed E-state index contributed by atoms with van der Waals surface area (Å²) in [5.41, 5.74) is 0. The first kappa shape index (κ1) is 10.5. The van der Waals surface area contributed by atoms with Gasteiger partial charge in [0.15, 0.2) is 0 Å². The van der Waals surface area contributed by atoms with Gasteiger partial charge < -0.3 is 15.3 Å². The monoisotopic (exact) mass is 224 g/mol. The number of hydrogen-bond donors (Lipinski definition) is 2. The number of likely N-dealkylation sites (tertiary alicyclic amines) is 1. The molecular formula is C12H20N2O2. The van der Waals surface area contributed by atoms with E-state index in [-0.39, 0.29) is 18.1 Å². The number of amides is 1. The van der Waals surface area contributed by atoms with Gasteiger partial charge in [-0.2, -0.15) is 0 Å². The highest BCUT2D eigenvalue weighted by atomic mass is 16.3. The zero-order valence-corrected chi connectivity index (χ0v) is 9.56. The van der Waals surface area contributed by atoms with Gasteiger partial charge in [0.05, 0.1) is 12.1 Å². The first-order valence-corrected chi connectivity index (χ1v) is 6.46. The summed E-state index contributed by atoms with van der Waals surface area (Å²) in [4.78, 5) is 14.1. The number of aliphatic hydroxyl groups is 1. The van der Waals surface area contributed by atoms with Crippen molar-refractivity contribution < 1.29 is 9.90 Å². The highest BCUT2D eigenvalue weighted by Gasteiger charge is 2.44. The Bertz CT molecular complexity index is 289. The van der Waals surface area contributed by atoms with Crippen molar-refractivity contribution in [1.29, 1.82) is 0 Å². The van der Waals surface area contributed by atoms with E-state index in [4.69, 9.17) is 0 Å². The van der Waals surface area contributed by atoms with Crippen LogP contribution >= 0.6 is 0 Å². The van der Waals surface area contributed by atoms with Crippen molar-refractivity contribution >= 4 is 5.91 Å². The number of nitrogens with zero attached hydrogens (tertiary/aromatic N) is 1. The predicted molar refractivity (Wildman–Crippen MR) is 59.8 cm³/mol. The molecule has 2 heterocycles. The third-order valence-electron chi connectivity index (χ3n) is 4.49. The van der Waals surface area contributed by atoms with Crippen LogP contribution in [0.5, 0.6) is 0 Å². The molecule has 1 aliphatic carbocycles. The van der Waals surface area contributed by atoms with Gasteiger partial charge in [-0.15, -0.1) is 0 Å². The van der Waals surface area contributed by atoms with Gasteiger partial charge in [0.1, 0.15) is 0 Å². The lowest BCUT2D eigenvalue weighted by atomic mass is 10.00. The first-order valence-electron chi connectivity index (χ1n) is 6.46. The summed E-state index contributed by atoms with van der Waals surface area (Å²) in [7, 11) is 0. The van der Waals surface area contributed by atoms with Crippen LogP contribution in [0.25, 0.3) is 0 Å². The van der Waals surface area contributed by atoms with E-state index in [1.54, 1.807) is 0 Å². The molecule has 3 aliphatic rings. The zero-order valence-electron chi connectivity index (χ0n) is 9.56. The molecule has 3 fully saturated rings. The van der Waals surface area contributed by atoms with Gasteiger partial charge in [0.2, 0.25) is 5.91 Å². The third-order valence-corrected chi connectivity index (χ3v) is 4.49. The summed E-state index contributed by atoms with van der Waals surface area (Å²) < 4.78 is 0. The van der Waals surface area contributed by atoms with E-state index in [0.717, 1.165) is 45.3 Å². The fourth-order valence-corrected chi connectivity index (χ4v) is 3.53. The van der Waals surface area contributed by atoms with E-state index in [2.05, 4.69) is 5.32 Å². The molecule has 3 rings (SSSR count). The molecule has 2 aliphatic heterocycles. The predicted octanol–water partition coefficient (Wildman–Crippen LogP) is -0.0323. The molecule has 90 valence electrons. The molecule has 4 nitrogen and oxygen atoms in total. The fraction of sp³-hybridized carbons (Fsp3) is 0.917. The van der Waals surface area contributed by atoms with Crippen LogP contribution in [0.2, 0.25) is 0 Å². The number of fused-ring (bicyclic) bond motifs is 1. The van der Waals surface area contributed by atoms with Crippen LogP contribution in [0.15, 0.2) is 0 Å². The number of nitrogens with one attached hydrogen (secondary N) is 1. The summed E-state index contributed by atoms with van der Waals surface area (Å²) in [6.45, 7) is 2.63. The Morgan fingerprint density at radius 1 is 1.25 bits per heavy atom. The van der Waals surface area contributed by atoms with Gasteiger partial charge in [-0.3, -0.25) is 4.79 Å². The summed E-state index contributed by atoms with van der Waals surface area (Å²) in [5, 5.41) is 13.1. The number of carbonyl (C=O) groups is 1. The zero-order chi connectivity index (χ0) is 11.1. The van der Waals surface area contributed by atoms with Crippen molar-refractivity contribution in [2.75, 3.05) is 19.6 Å². The van der Waals surface area contributed by atoms with Crippen LogP contribution < -0.4 is 5.32 Å². The average Bonchev–Trinajstić information content (AvgIpc) is 2.96. The molecule has 2 saturated heterocycles. The molecule has 0 aromatic rings. The Balaban J connectivity index is 1.63. The minimum atomic E-state index is -0.167. The van der Waals surface area contributed by atoms with Gasteiger partial charge in [-0.25, -0.2) is 0 Å². The van der Waals surface area contributed by atoms with Crippen LogP contribution in [-0.4, -0.2) is 47.7 Å². The Labute approximate surface area is 96.0 Å². The molecule has 0 aromatic heterocycles. The smallest absolute Gasteiger partial charge is 0.239 e. The van der Waals surface area contributed by atoms with E-state index in [9.17, 15) is 9.90 Å². The fourth-order valence-electron chi connectivity index (χ4n) is 3.53. The van der Waals surface area contributed by atoms with Crippen LogP contribution in [-0.2, 0) is 4.79 Å². The molecule has 0 radical (unpaired) electrons. The molecule has 2 N–H and O–H groups in total. The van der Waals surface area contributed by atoms with Gasteiger partial charge >= 0.3 is 0 Å². The third kappa shape index (κ3) is 1.64. The SMILES string of the molecule is O=C(C1CCCN1)N1CC2CCC(O)C2C1.